The van der Waals surface area contributed by atoms with Gasteiger partial charge in [-0.1, -0.05) is 30.3 Å². The van der Waals surface area contributed by atoms with Crippen molar-refractivity contribution in [2.75, 3.05) is 19.0 Å². The molecule has 1 aliphatic heterocycles. The molecule has 0 radical (unpaired) electrons. The first-order valence-corrected chi connectivity index (χ1v) is 10.1. The van der Waals surface area contributed by atoms with Crippen molar-refractivity contribution < 1.29 is 23.5 Å². The fourth-order valence-electron chi connectivity index (χ4n) is 3.25. The molecule has 0 unspecified atom stereocenters. The lowest BCUT2D eigenvalue weighted by molar-refractivity contribution is -0.127. The Kier molecular flexibility index (Phi) is 5.73. The Morgan fingerprint density at radius 2 is 1.77 bits per heavy atom. The third kappa shape index (κ3) is 4.29. The van der Waals surface area contributed by atoms with Gasteiger partial charge in [-0.3, -0.25) is 19.3 Å². The molecule has 0 aromatic heterocycles. The van der Waals surface area contributed by atoms with Crippen molar-refractivity contribution in [3.63, 3.8) is 0 Å². The van der Waals surface area contributed by atoms with E-state index >= 15 is 0 Å². The molecule has 1 aliphatic rings. The molecule has 31 heavy (non-hydrogen) atoms. The van der Waals surface area contributed by atoms with E-state index in [4.69, 9.17) is 4.74 Å². The van der Waals surface area contributed by atoms with Crippen LogP contribution in [0.5, 0.6) is 5.75 Å². The molecule has 3 amide bonds. The van der Waals surface area contributed by atoms with Crippen LogP contribution in [0.3, 0.4) is 0 Å². The van der Waals surface area contributed by atoms with E-state index in [9.17, 15) is 18.8 Å². The maximum absolute atomic E-state index is 13.0. The summed E-state index contributed by atoms with van der Waals surface area (Å²) in [6, 6.07) is 16.4. The number of rotatable bonds is 5. The zero-order valence-corrected chi connectivity index (χ0v) is 17.2. The Balaban J connectivity index is 1.54. The number of carbonyl (C=O) groups excluding carboxylic acids is 3. The highest BCUT2D eigenvalue weighted by Gasteiger charge is 2.36. The van der Waals surface area contributed by atoms with E-state index in [0.717, 1.165) is 33.0 Å². The molecule has 0 saturated carbocycles. The summed E-state index contributed by atoms with van der Waals surface area (Å²) >= 11 is 0.783. The number of hydrogen-bond acceptors (Lipinski definition) is 5. The second kappa shape index (κ2) is 8.61. The average molecular weight is 436 g/mol. The van der Waals surface area contributed by atoms with Gasteiger partial charge >= 0.3 is 0 Å². The van der Waals surface area contributed by atoms with Gasteiger partial charge in [0.15, 0.2) is 0 Å². The van der Waals surface area contributed by atoms with Crippen LogP contribution in [0, 0.1) is 5.82 Å². The van der Waals surface area contributed by atoms with Crippen LogP contribution < -0.4 is 10.1 Å². The highest BCUT2D eigenvalue weighted by molar-refractivity contribution is 8.18. The van der Waals surface area contributed by atoms with Crippen molar-refractivity contribution in [2.45, 2.75) is 0 Å². The van der Waals surface area contributed by atoms with Crippen molar-refractivity contribution >= 4 is 51.4 Å². The fourth-order valence-corrected chi connectivity index (χ4v) is 4.08. The Morgan fingerprint density at radius 1 is 1.06 bits per heavy atom. The van der Waals surface area contributed by atoms with Crippen LogP contribution in [0.25, 0.3) is 16.8 Å². The molecule has 156 valence electrons. The van der Waals surface area contributed by atoms with Gasteiger partial charge in [-0.15, -0.1) is 0 Å². The third-order valence-corrected chi connectivity index (χ3v) is 5.63. The quantitative estimate of drug-likeness (QED) is 0.589. The van der Waals surface area contributed by atoms with Gasteiger partial charge in [-0.2, -0.15) is 0 Å². The van der Waals surface area contributed by atoms with Crippen molar-refractivity contribution in [2.24, 2.45) is 0 Å². The van der Waals surface area contributed by atoms with Crippen LogP contribution in [-0.2, 0) is 9.59 Å². The van der Waals surface area contributed by atoms with Crippen molar-refractivity contribution in [3.05, 3.63) is 76.9 Å². The van der Waals surface area contributed by atoms with Gasteiger partial charge < -0.3 is 10.1 Å². The zero-order valence-electron chi connectivity index (χ0n) is 16.4. The van der Waals surface area contributed by atoms with Gasteiger partial charge in [0.25, 0.3) is 11.1 Å². The molecule has 0 aliphatic carbocycles. The molecule has 8 heteroatoms. The first-order valence-electron chi connectivity index (χ1n) is 9.33. The van der Waals surface area contributed by atoms with E-state index in [-0.39, 0.29) is 4.91 Å². The molecule has 0 spiro atoms. The summed E-state index contributed by atoms with van der Waals surface area (Å²) in [5, 5.41) is 3.78. The molecule has 3 aromatic rings. The summed E-state index contributed by atoms with van der Waals surface area (Å²) in [6.07, 6.45) is 1.64. The minimum absolute atomic E-state index is 0.231. The summed E-state index contributed by atoms with van der Waals surface area (Å²) < 4.78 is 18.4. The maximum atomic E-state index is 13.0. The third-order valence-electron chi connectivity index (χ3n) is 4.73. The monoisotopic (exact) mass is 436 g/mol. The maximum Gasteiger partial charge on any atom is 0.294 e. The van der Waals surface area contributed by atoms with Crippen molar-refractivity contribution in [3.8, 4) is 5.75 Å². The van der Waals surface area contributed by atoms with Crippen molar-refractivity contribution in [1.82, 2.24) is 4.90 Å². The number of methoxy groups -OCH3 is 1. The second-order valence-corrected chi connectivity index (χ2v) is 7.72. The molecule has 1 heterocycles. The number of carbonyl (C=O) groups is 3. The van der Waals surface area contributed by atoms with Crippen LogP contribution in [0.15, 0.2) is 65.6 Å². The minimum Gasteiger partial charge on any atom is -0.496 e. The number of ether oxygens (including phenoxy) is 1. The lowest BCUT2D eigenvalue weighted by Gasteiger charge is -2.12. The topological polar surface area (TPSA) is 75.7 Å². The number of fused-ring (bicyclic) bond motifs is 1. The molecule has 1 N–H and O–H groups in total. The largest absolute Gasteiger partial charge is 0.496 e. The molecular formula is C23H17FN2O4S. The van der Waals surface area contributed by atoms with Gasteiger partial charge in [-0.05, 0) is 59.1 Å². The summed E-state index contributed by atoms with van der Waals surface area (Å²) in [4.78, 5) is 38.5. The summed E-state index contributed by atoms with van der Waals surface area (Å²) in [6.45, 7) is -0.428. The molecule has 6 nitrogen and oxygen atoms in total. The summed E-state index contributed by atoms with van der Waals surface area (Å²) in [5.41, 5.74) is 1.14. The number of thioether (sulfide) groups is 1. The highest BCUT2D eigenvalue weighted by atomic mass is 32.2. The first-order chi connectivity index (χ1) is 15.0. The molecule has 4 rings (SSSR count). The molecule has 3 aromatic carbocycles. The normalized spacial score (nSPS) is 15.0. The van der Waals surface area contributed by atoms with Crippen LogP contribution in [-0.4, -0.2) is 35.6 Å². The second-order valence-electron chi connectivity index (χ2n) is 6.73. The van der Waals surface area contributed by atoms with E-state index in [2.05, 4.69) is 5.32 Å². The predicted octanol–water partition coefficient (Wildman–Crippen LogP) is 4.66. The average Bonchev–Trinajstić information content (AvgIpc) is 3.03. The van der Waals surface area contributed by atoms with E-state index in [0.29, 0.717) is 11.4 Å². The number of halogens is 1. The van der Waals surface area contributed by atoms with Crippen LogP contribution in [0.2, 0.25) is 0 Å². The predicted molar refractivity (Wildman–Crippen MR) is 118 cm³/mol. The Morgan fingerprint density at radius 3 is 2.48 bits per heavy atom. The number of anilines is 1. The first kappa shape index (κ1) is 20.6. The smallest absolute Gasteiger partial charge is 0.294 e. The van der Waals surface area contributed by atoms with Crippen LogP contribution >= 0.6 is 11.8 Å². The Hall–Kier alpha value is -3.65. The number of imide groups is 1. The lowest BCUT2D eigenvalue weighted by atomic mass is 10.0. The van der Waals surface area contributed by atoms with Gasteiger partial charge in [-0.25, -0.2) is 4.39 Å². The zero-order chi connectivity index (χ0) is 22.0. The number of amides is 3. The van der Waals surface area contributed by atoms with E-state index in [1.165, 1.54) is 24.3 Å². The Bertz CT molecular complexity index is 1220. The molecular weight excluding hydrogens is 419 g/mol. The van der Waals surface area contributed by atoms with Gasteiger partial charge in [0, 0.05) is 11.1 Å². The number of nitrogens with zero attached hydrogens (tertiary/aromatic N) is 1. The highest BCUT2D eigenvalue weighted by Crippen LogP contribution is 2.35. The Labute approximate surface area is 181 Å². The van der Waals surface area contributed by atoms with Crippen LogP contribution in [0.4, 0.5) is 14.9 Å². The van der Waals surface area contributed by atoms with E-state index in [1.54, 1.807) is 19.3 Å². The summed E-state index contributed by atoms with van der Waals surface area (Å²) in [7, 11) is 1.59. The van der Waals surface area contributed by atoms with Crippen LogP contribution in [0.1, 0.15) is 5.56 Å². The standard InChI is InChI=1S/C23H17FN2O4S/c1-30-19-11-6-14(17-4-2-3-5-18(17)19)12-20-22(28)26(23(29)31-20)13-21(27)25-16-9-7-15(24)8-10-16/h2-12H,13H2,1H3,(H,25,27)/b20-12-. The van der Waals surface area contributed by atoms with E-state index in [1.807, 2.05) is 30.3 Å². The number of benzene rings is 3. The molecule has 0 bridgehead atoms. The number of nitrogens with one attached hydrogen (secondary N) is 1. The van der Waals surface area contributed by atoms with Gasteiger partial charge in [0.1, 0.15) is 18.1 Å². The summed E-state index contributed by atoms with van der Waals surface area (Å²) in [5.74, 6) is -0.812. The lowest BCUT2D eigenvalue weighted by Crippen LogP contribution is -2.36. The van der Waals surface area contributed by atoms with Gasteiger partial charge in [0.05, 0.1) is 12.0 Å². The van der Waals surface area contributed by atoms with Gasteiger partial charge in [0.2, 0.25) is 5.91 Å². The van der Waals surface area contributed by atoms with E-state index < -0.39 is 29.4 Å². The molecule has 0 atom stereocenters. The molecule has 1 saturated heterocycles. The minimum atomic E-state index is -0.551. The SMILES string of the molecule is COc1ccc(/C=C2\SC(=O)N(CC(=O)Nc3ccc(F)cc3)C2=O)c2ccccc12. The van der Waals surface area contributed by atoms with Crippen molar-refractivity contribution in [1.29, 1.82) is 0 Å². The molecule has 1 fully saturated rings. The number of hydrogen-bond donors (Lipinski definition) is 1. The fraction of sp³-hybridized carbons (Fsp3) is 0.0870.